The minimum absolute atomic E-state index is 0.00972. The van der Waals surface area contributed by atoms with Crippen LogP contribution in [0.1, 0.15) is 13.8 Å². The SMILES string of the molecule is CCN(CC)C(=O)[C@@H]1COc2ccccc2O1. The molecule has 1 aromatic rings. The molecular formula is C13H17NO3. The summed E-state index contributed by atoms with van der Waals surface area (Å²) in [6.45, 7) is 5.58. The first-order chi connectivity index (χ1) is 8.26. The molecule has 0 saturated heterocycles. The van der Waals surface area contributed by atoms with E-state index in [4.69, 9.17) is 9.47 Å². The number of hydrogen-bond donors (Lipinski definition) is 0. The van der Waals surface area contributed by atoms with Gasteiger partial charge in [-0.25, -0.2) is 0 Å². The van der Waals surface area contributed by atoms with Gasteiger partial charge in [-0.15, -0.1) is 0 Å². The topological polar surface area (TPSA) is 38.8 Å². The first-order valence-corrected chi connectivity index (χ1v) is 5.93. The summed E-state index contributed by atoms with van der Waals surface area (Å²) >= 11 is 0. The van der Waals surface area contributed by atoms with E-state index in [1.54, 1.807) is 4.90 Å². The molecule has 1 aliphatic heterocycles. The molecule has 1 aromatic carbocycles. The minimum Gasteiger partial charge on any atom is -0.485 e. The quantitative estimate of drug-likeness (QED) is 0.800. The molecule has 1 amide bonds. The highest BCUT2D eigenvalue weighted by atomic mass is 16.6. The van der Waals surface area contributed by atoms with Gasteiger partial charge in [-0.05, 0) is 26.0 Å². The van der Waals surface area contributed by atoms with Crippen molar-refractivity contribution in [2.45, 2.75) is 20.0 Å². The number of rotatable bonds is 3. The molecule has 17 heavy (non-hydrogen) atoms. The number of amides is 1. The fourth-order valence-electron chi connectivity index (χ4n) is 1.88. The maximum Gasteiger partial charge on any atom is 0.267 e. The Bertz CT molecular complexity index is 401. The molecular weight excluding hydrogens is 218 g/mol. The molecule has 4 heteroatoms. The second kappa shape index (κ2) is 5.08. The largest absolute Gasteiger partial charge is 0.485 e. The molecule has 1 heterocycles. The first kappa shape index (κ1) is 11.8. The number of para-hydroxylation sites is 2. The third kappa shape index (κ3) is 2.35. The number of fused-ring (bicyclic) bond motifs is 1. The Hall–Kier alpha value is -1.71. The van der Waals surface area contributed by atoms with Gasteiger partial charge in [0.1, 0.15) is 6.61 Å². The van der Waals surface area contributed by atoms with Crippen LogP contribution in [0.15, 0.2) is 24.3 Å². The van der Waals surface area contributed by atoms with Gasteiger partial charge in [0.2, 0.25) is 6.10 Å². The summed E-state index contributed by atoms with van der Waals surface area (Å²) in [6, 6.07) is 7.41. The maximum absolute atomic E-state index is 12.1. The summed E-state index contributed by atoms with van der Waals surface area (Å²) in [7, 11) is 0. The van der Waals surface area contributed by atoms with Crippen LogP contribution in [0, 0.1) is 0 Å². The number of likely N-dealkylation sites (N-methyl/N-ethyl adjacent to an activating group) is 1. The van der Waals surface area contributed by atoms with Crippen molar-refractivity contribution in [1.29, 1.82) is 0 Å². The van der Waals surface area contributed by atoms with Crippen molar-refractivity contribution in [3.8, 4) is 11.5 Å². The van der Waals surface area contributed by atoms with Gasteiger partial charge in [-0.3, -0.25) is 4.79 Å². The van der Waals surface area contributed by atoms with Gasteiger partial charge < -0.3 is 14.4 Å². The van der Waals surface area contributed by atoms with Crippen LogP contribution in [0.2, 0.25) is 0 Å². The summed E-state index contributed by atoms with van der Waals surface area (Å²) in [6.07, 6.45) is -0.523. The second-order valence-corrected chi connectivity index (χ2v) is 3.87. The van der Waals surface area contributed by atoms with E-state index in [-0.39, 0.29) is 12.5 Å². The molecule has 0 N–H and O–H groups in total. The smallest absolute Gasteiger partial charge is 0.267 e. The molecule has 2 rings (SSSR count). The van der Waals surface area contributed by atoms with Crippen molar-refractivity contribution in [3.05, 3.63) is 24.3 Å². The number of benzene rings is 1. The standard InChI is InChI=1S/C13H17NO3/c1-3-14(4-2)13(15)12-9-16-10-7-5-6-8-11(10)17-12/h5-8,12H,3-4,9H2,1-2H3/t12-/m0/s1. The lowest BCUT2D eigenvalue weighted by atomic mass is 10.2. The maximum atomic E-state index is 12.1. The first-order valence-electron chi connectivity index (χ1n) is 5.93. The molecule has 0 aliphatic carbocycles. The highest BCUT2D eigenvalue weighted by Gasteiger charge is 2.29. The van der Waals surface area contributed by atoms with E-state index in [1.165, 1.54) is 0 Å². The van der Waals surface area contributed by atoms with Gasteiger partial charge >= 0.3 is 0 Å². The van der Waals surface area contributed by atoms with E-state index in [1.807, 2.05) is 38.1 Å². The van der Waals surface area contributed by atoms with Gasteiger partial charge in [0, 0.05) is 13.1 Å². The van der Waals surface area contributed by atoms with Crippen LogP contribution < -0.4 is 9.47 Å². The van der Waals surface area contributed by atoms with Gasteiger partial charge in [0.05, 0.1) is 0 Å². The lowest BCUT2D eigenvalue weighted by Gasteiger charge is -2.29. The number of nitrogens with zero attached hydrogens (tertiary/aromatic N) is 1. The molecule has 0 saturated carbocycles. The monoisotopic (exact) mass is 235 g/mol. The fraction of sp³-hybridized carbons (Fsp3) is 0.462. The lowest BCUT2D eigenvalue weighted by molar-refractivity contribution is -0.140. The van der Waals surface area contributed by atoms with Crippen molar-refractivity contribution < 1.29 is 14.3 Å². The average molecular weight is 235 g/mol. The van der Waals surface area contributed by atoms with Crippen LogP contribution in [0.3, 0.4) is 0 Å². The normalized spacial score (nSPS) is 17.6. The number of hydrogen-bond acceptors (Lipinski definition) is 3. The molecule has 1 aliphatic rings. The van der Waals surface area contributed by atoms with Crippen LogP contribution in [-0.4, -0.2) is 36.6 Å². The van der Waals surface area contributed by atoms with Crippen molar-refractivity contribution in [3.63, 3.8) is 0 Å². The third-order valence-electron chi connectivity index (χ3n) is 2.86. The molecule has 0 unspecified atom stereocenters. The van der Waals surface area contributed by atoms with E-state index in [0.29, 0.717) is 24.6 Å². The lowest BCUT2D eigenvalue weighted by Crippen LogP contribution is -2.46. The zero-order valence-corrected chi connectivity index (χ0v) is 10.2. The predicted octanol–water partition coefficient (Wildman–Crippen LogP) is 1.69. The highest BCUT2D eigenvalue weighted by Crippen LogP contribution is 2.31. The summed E-state index contributed by atoms with van der Waals surface area (Å²) in [4.78, 5) is 13.8. The Morgan fingerprint density at radius 3 is 2.59 bits per heavy atom. The highest BCUT2D eigenvalue weighted by molar-refractivity contribution is 5.81. The fourth-order valence-corrected chi connectivity index (χ4v) is 1.88. The Morgan fingerprint density at radius 1 is 1.29 bits per heavy atom. The van der Waals surface area contributed by atoms with Crippen molar-refractivity contribution in [1.82, 2.24) is 4.90 Å². The van der Waals surface area contributed by atoms with Crippen molar-refractivity contribution >= 4 is 5.91 Å². The zero-order valence-electron chi connectivity index (χ0n) is 10.2. The molecule has 1 atom stereocenters. The number of carbonyl (C=O) groups is 1. The summed E-state index contributed by atoms with van der Waals surface area (Å²) < 4.78 is 11.2. The van der Waals surface area contributed by atoms with Crippen LogP contribution in [0.4, 0.5) is 0 Å². The molecule has 4 nitrogen and oxygen atoms in total. The van der Waals surface area contributed by atoms with Crippen molar-refractivity contribution in [2.24, 2.45) is 0 Å². The number of ether oxygens (including phenoxy) is 2. The van der Waals surface area contributed by atoms with Gasteiger partial charge in [-0.2, -0.15) is 0 Å². The van der Waals surface area contributed by atoms with Crippen LogP contribution in [0.25, 0.3) is 0 Å². The summed E-state index contributed by atoms with van der Waals surface area (Å²) in [5.41, 5.74) is 0. The van der Waals surface area contributed by atoms with E-state index in [2.05, 4.69) is 0 Å². The van der Waals surface area contributed by atoms with Crippen LogP contribution in [0.5, 0.6) is 11.5 Å². The van der Waals surface area contributed by atoms with Gasteiger partial charge in [0.15, 0.2) is 11.5 Å². The summed E-state index contributed by atoms with van der Waals surface area (Å²) in [5, 5.41) is 0. The number of carbonyl (C=O) groups excluding carboxylic acids is 1. The van der Waals surface area contributed by atoms with Gasteiger partial charge in [-0.1, -0.05) is 12.1 Å². The minimum atomic E-state index is -0.523. The third-order valence-corrected chi connectivity index (χ3v) is 2.86. The van der Waals surface area contributed by atoms with E-state index in [9.17, 15) is 4.79 Å². The van der Waals surface area contributed by atoms with Crippen LogP contribution in [-0.2, 0) is 4.79 Å². The molecule has 0 bridgehead atoms. The predicted molar refractivity (Wildman–Crippen MR) is 64.3 cm³/mol. The molecule has 0 radical (unpaired) electrons. The van der Waals surface area contributed by atoms with E-state index < -0.39 is 6.10 Å². The average Bonchev–Trinajstić information content (AvgIpc) is 2.39. The van der Waals surface area contributed by atoms with E-state index in [0.717, 1.165) is 0 Å². The Labute approximate surface area is 101 Å². The molecule has 0 fully saturated rings. The van der Waals surface area contributed by atoms with E-state index >= 15 is 0 Å². The van der Waals surface area contributed by atoms with Crippen LogP contribution >= 0.6 is 0 Å². The van der Waals surface area contributed by atoms with Gasteiger partial charge in [0.25, 0.3) is 5.91 Å². The second-order valence-electron chi connectivity index (χ2n) is 3.87. The van der Waals surface area contributed by atoms with Crippen molar-refractivity contribution in [2.75, 3.05) is 19.7 Å². The Balaban J connectivity index is 2.09. The Kier molecular flexibility index (Phi) is 3.52. The molecule has 0 aromatic heterocycles. The zero-order chi connectivity index (χ0) is 12.3. The molecule has 0 spiro atoms. The molecule has 92 valence electrons. The Morgan fingerprint density at radius 2 is 1.94 bits per heavy atom. The summed E-state index contributed by atoms with van der Waals surface area (Å²) in [5.74, 6) is 1.34.